The second-order valence-corrected chi connectivity index (χ2v) is 9.19. The summed E-state index contributed by atoms with van der Waals surface area (Å²) in [4.78, 5) is 22.4. The molecule has 9 nitrogen and oxygen atoms in total. The van der Waals surface area contributed by atoms with Gasteiger partial charge in [0.2, 0.25) is 5.90 Å². The number of halogens is 3. The first-order valence-corrected chi connectivity index (χ1v) is 12.1. The number of nitrogens with one attached hydrogen (secondary N) is 3. The van der Waals surface area contributed by atoms with E-state index in [0.29, 0.717) is 16.5 Å². The Morgan fingerprint density at radius 2 is 2.00 bits per heavy atom. The third-order valence-corrected chi connectivity index (χ3v) is 6.18. The number of thiazole rings is 1. The van der Waals surface area contributed by atoms with Gasteiger partial charge < -0.3 is 14.8 Å². The highest BCUT2D eigenvalue weighted by Crippen LogP contribution is 2.34. The normalized spacial score (nSPS) is 20.8. The fourth-order valence-electron chi connectivity index (χ4n) is 3.89. The molecule has 1 fully saturated rings. The summed E-state index contributed by atoms with van der Waals surface area (Å²) < 4.78 is 50.1. The lowest BCUT2D eigenvalue weighted by Gasteiger charge is -2.29. The number of benzene rings is 1. The van der Waals surface area contributed by atoms with Gasteiger partial charge in [0.15, 0.2) is 16.7 Å². The quantitative estimate of drug-likeness (QED) is 0.303. The third-order valence-electron chi connectivity index (χ3n) is 5.40. The molecule has 1 aromatic carbocycles. The Kier molecular flexibility index (Phi) is 9.16. The SMILES string of the molecule is COC(=O)C1=C(CN2CC(F)(F)CC2C(=N)OC(C)=N)NC(c2nccs2)=NC1C.Fc1ccccc1. The molecule has 2 aliphatic rings. The fourth-order valence-corrected chi connectivity index (χ4v) is 4.48. The summed E-state index contributed by atoms with van der Waals surface area (Å²) in [7, 11) is 1.24. The molecule has 0 saturated carbocycles. The van der Waals surface area contributed by atoms with Crippen molar-refractivity contribution in [3.05, 3.63) is 64.0 Å². The Hall–Kier alpha value is -3.58. The summed E-state index contributed by atoms with van der Waals surface area (Å²) in [5.74, 6) is -4.08. The average Bonchev–Trinajstić information content (AvgIpc) is 3.47. The molecule has 2 aromatic rings. The molecule has 0 aliphatic carbocycles. The van der Waals surface area contributed by atoms with Crippen molar-refractivity contribution in [2.45, 2.75) is 38.3 Å². The van der Waals surface area contributed by atoms with E-state index in [4.69, 9.17) is 20.3 Å². The van der Waals surface area contributed by atoms with Crippen LogP contribution in [0.15, 0.2) is 58.2 Å². The van der Waals surface area contributed by atoms with Gasteiger partial charge in [-0.05, 0) is 19.1 Å². The van der Waals surface area contributed by atoms with Crippen LogP contribution in [0.5, 0.6) is 0 Å². The molecule has 198 valence electrons. The molecule has 2 atom stereocenters. The summed E-state index contributed by atoms with van der Waals surface area (Å²) in [5, 5.41) is 20.8. The van der Waals surface area contributed by atoms with Gasteiger partial charge in [0.1, 0.15) is 5.82 Å². The molecule has 1 aromatic heterocycles. The van der Waals surface area contributed by atoms with Gasteiger partial charge in [-0.25, -0.2) is 22.9 Å². The molecule has 1 saturated heterocycles. The number of amidine groups is 1. The number of esters is 1. The van der Waals surface area contributed by atoms with E-state index in [-0.39, 0.29) is 23.8 Å². The molecule has 0 spiro atoms. The molecular weight excluding hydrogens is 509 g/mol. The van der Waals surface area contributed by atoms with Crippen LogP contribution in [0.3, 0.4) is 0 Å². The van der Waals surface area contributed by atoms with Crippen molar-refractivity contribution in [3.8, 4) is 0 Å². The van der Waals surface area contributed by atoms with E-state index in [1.165, 1.54) is 42.4 Å². The lowest BCUT2D eigenvalue weighted by Crippen LogP contribution is -2.44. The van der Waals surface area contributed by atoms with Crippen LogP contribution < -0.4 is 5.32 Å². The third kappa shape index (κ3) is 7.46. The molecule has 0 bridgehead atoms. The van der Waals surface area contributed by atoms with Gasteiger partial charge in [0, 0.05) is 37.2 Å². The van der Waals surface area contributed by atoms with E-state index in [1.54, 1.807) is 36.7 Å². The molecule has 3 heterocycles. The van der Waals surface area contributed by atoms with E-state index in [9.17, 15) is 18.0 Å². The molecule has 2 aliphatic heterocycles. The van der Waals surface area contributed by atoms with Gasteiger partial charge in [0.05, 0.1) is 31.3 Å². The van der Waals surface area contributed by atoms with Crippen LogP contribution in [0.4, 0.5) is 13.2 Å². The van der Waals surface area contributed by atoms with Crippen molar-refractivity contribution in [2.24, 2.45) is 4.99 Å². The number of nitrogens with zero attached hydrogens (tertiary/aromatic N) is 3. The van der Waals surface area contributed by atoms with Gasteiger partial charge in [-0.1, -0.05) is 18.2 Å². The van der Waals surface area contributed by atoms with Crippen LogP contribution >= 0.6 is 11.3 Å². The molecule has 0 amide bonds. The molecule has 3 N–H and O–H groups in total. The number of methoxy groups -OCH3 is 1. The second-order valence-electron chi connectivity index (χ2n) is 8.30. The first-order valence-electron chi connectivity index (χ1n) is 11.2. The summed E-state index contributed by atoms with van der Waals surface area (Å²) in [6, 6.07) is 6.33. The molecular formula is C24H27F3N6O3S. The van der Waals surface area contributed by atoms with E-state index >= 15 is 0 Å². The predicted octanol–water partition coefficient (Wildman–Crippen LogP) is 3.83. The monoisotopic (exact) mass is 536 g/mol. The number of carbonyl (C=O) groups excluding carboxylic acids is 1. The minimum atomic E-state index is -3.03. The van der Waals surface area contributed by atoms with E-state index in [0.717, 1.165) is 0 Å². The van der Waals surface area contributed by atoms with Crippen LogP contribution in [0, 0.1) is 16.6 Å². The molecule has 4 rings (SSSR count). The zero-order valence-corrected chi connectivity index (χ0v) is 21.2. The molecule has 2 unspecified atom stereocenters. The second kappa shape index (κ2) is 12.1. The van der Waals surface area contributed by atoms with E-state index in [1.807, 2.05) is 0 Å². The number of aliphatic imine (C=N–C) groups is 1. The Labute approximate surface area is 216 Å². The summed E-state index contributed by atoms with van der Waals surface area (Å²) in [5.41, 5.74) is 0.582. The topological polar surface area (TPSA) is 124 Å². The smallest absolute Gasteiger partial charge is 0.337 e. The van der Waals surface area contributed by atoms with Crippen molar-refractivity contribution < 1.29 is 27.4 Å². The minimum Gasteiger partial charge on any atom is -0.466 e. The Bertz CT molecular complexity index is 1190. The highest BCUT2D eigenvalue weighted by molar-refractivity contribution is 7.11. The fraction of sp³-hybridized carbons (Fsp3) is 0.375. The first kappa shape index (κ1) is 28.0. The maximum Gasteiger partial charge on any atom is 0.337 e. The van der Waals surface area contributed by atoms with Crippen molar-refractivity contribution >= 4 is 34.9 Å². The lowest BCUT2D eigenvalue weighted by atomic mass is 10.0. The maximum atomic E-state index is 14.2. The number of alkyl halides is 2. The summed E-state index contributed by atoms with van der Waals surface area (Å²) >= 11 is 1.35. The predicted molar refractivity (Wildman–Crippen MR) is 134 cm³/mol. The number of ether oxygens (including phenoxy) is 2. The Balaban J connectivity index is 0.000000468. The van der Waals surface area contributed by atoms with Crippen LogP contribution in [0.1, 0.15) is 25.3 Å². The van der Waals surface area contributed by atoms with E-state index < -0.39 is 42.8 Å². The van der Waals surface area contributed by atoms with Crippen LogP contribution in [0.2, 0.25) is 0 Å². The van der Waals surface area contributed by atoms with Crippen molar-refractivity contribution in [1.82, 2.24) is 15.2 Å². The number of hydrogen-bond donors (Lipinski definition) is 3. The average molecular weight is 537 g/mol. The summed E-state index contributed by atoms with van der Waals surface area (Å²) in [6.07, 6.45) is 1.01. The van der Waals surface area contributed by atoms with Gasteiger partial charge in [0.25, 0.3) is 5.92 Å². The van der Waals surface area contributed by atoms with Crippen molar-refractivity contribution in [2.75, 3.05) is 20.2 Å². The highest BCUT2D eigenvalue weighted by Gasteiger charge is 2.48. The van der Waals surface area contributed by atoms with E-state index in [2.05, 4.69) is 15.3 Å². The van der Waals surface area contributed by atoms with Crippen LogP contribution in [-0.2, 0) is 14.3 Å². The minimum absolute atomic E-state index is 0.0811. The van der Waals surface area contributed by atoms with Crippen molar-refractivity contribution in [3.63, 3.8) is 0 Å². The molecule has 37 heavy (non-hydrogen) atoms. The lowest BCUT2D eigenvalue weighted by molar-refractivity contribution is -0.136. The van der Waals surface area contributed by atoms with Crippen LogP contribution in [-0.4, -0.2) is 71.7 Å². The van der Waals surface area contributed by atoms with Crippen molar-refractivity contribution in [1.29, 1.82) is 10.8 Å². The molecule has 0 radical (unpaired) electrons. The zero-order valence-electron chi connectivity index (χ0n) is 20.4. The van der Waals surface area contributed by atoms with Crippen LogP contribution in [0.25, 0.3) is 0 Å². The standard InChI is InChI=1S/C18H22F2N6O3S.C6H5F/c1-9-13(17(27)28-3)11(25-15(24-9)16-23-4-5-30-16)7-26-8-18(19,20)6-12(26)14(22)29-10(2)21;7-6-4-2-1-3-5-6/h4-5,9,12,21-22H,6-8H2,1-3H3,(H,24,25);1-5H. The highest BCUT2D eigenvalue weighted by atomic mass is 32.1. The number of aromatic nitrogens is 1. The number of hydrogen-bond acceptors (Lipinski definition) is 10. The number of carbonyl (C=O) groups is 1. The van der Waals surface area contributed by atoms with Gasteiger partial charge in [-0.3, -0.25) is 20.7 Å². The maximum absolute atomic E-state index is 14.2. The van der Waals surface area contributed by atoms with Gasteiger partial charge in [-0.15, -0.1) is 11.3 Å². The number of rotatable bonds is 5. The van der Waals surface area contributed by atoms with Gasteiger partial charge >= 0.3 is 5.97 Å². The Morgan fingerprint density at radius 3 is 2.54 bits per heavy atom. The number of likely N-dealkylation sites (tertiary alicyclic amines) is 1. The molecule has 13 heteroatoms. The first-order chi connectivity index (χ1) is 17.5. The largest absolute Gasteiger partial charge is 0.466 e. The Morgan fingerprint density at radius 1 is 1.30 bits per heavy atom. The summed E-state index contributed by atoms with van der Waals surface area (Å²) in [6.45, 7) is 2.34. The zero-order chi connectivity index (χ0) is 27.2. The van der Waals surface area contributed by atoms with Gasteiger partial charge in [-0.2, -0.15) is 0 Å².